The Labute approximate surface area is 283 Å². The van der Waals surface area contributed by atoms with E-state index in [1.54, 1.807) is 0 Å². The fraction of sp³-hybridized carbons (Fsp3) is 0. The van der Waals surface area contributed by atoms with Crippen molar-refractivity contribution in [2.45, 2.75) is 0 Å². The van der Waals surface area contributed by atoms with Gasteiger partial charge in [-0.3, -0.25) is 0 Å². The fourth-order valence-electron chi connectivity index (χ4n) is 7.21. The van der Waals surface area contributed by atoms with Crippen LogP contribution in [0.25, 0.3) is 98.4 Å². The van der Waals surface area contributed by atoms with Crippen LogP contribution in [-0.2, 0) is 0 Å². The van der Waals surface area contributed by atoms with Crippen molar-refractivity contribution in [1.82, 2.24) is 0 Å². The standard InChI is InChI=1S/C46H28O/c1-3-16-34-29(11-1)13-10-22-36(34)45-39-20-7-5-18-37(39)44(38-19-6-8-21-40(38)45)33-15-9-14-31(27-33)32-23-25-41-43(28-32)47-42-26-24-30-12-2-4-17-35(30)46(41)42/h1-28H/i5D,6D,7D,8D,18D,19D,20D,21D. The van der Waals surface area contributed by atoms with Crippen molar-refractivity contribution in [2.24, 2.45) is 0 Å². The molecular formula is C46H28O. The Kier molecular flexibility index (Phi) is 4.19. The van der Waals surface area contributed by atoms with Gasteiger partial charge in [0.05, 0.1) is 11.0 Å². The summed E-state index contributed by atoms with van der Waals surface area (Å²) in [5.41, 5.74) is 4.95. The highest BCUT2D eigenvalue weighted by molar-refractivity contribution is 6.24. The molecule has 0 aliphatic rings. The Balaban J connectivity index is 1.32. The van der Waals surface area contributed by atoms with Crippen LogP contribution in [0.4, 0.5) is 0 Å². The summed E-state index contributed by atoms with van der Waals surface area (Å²) in [5, 5.41) is 6.68. The summed E-state index contributed by atoms with van der Waals surface area (Å²) < 4.78 is 78.9. The van der Waals surface area contributed by atoms with Crippen LogP contribution >= 0.6 is 0 Å². The Hall–Kier alpha value is -6.18. The van der Waals surface area contributed by atoms with Gasteiger partial charge in [0.15, 0.2) is 0 Å². The van der Waals surface area contributed by atoms with Gasteiger partial charge in [-0.2, -0.15) is 0 Å². The quantitative estimate of drug-likeness (QED) is 0.183. The lowest BCUT2D eigenvalue weighted by atomic mass is 9.84. The average molecular weight is 605 g/mol. The molecule has 1 aromatic heterocycles. The molecule has 0 radical (unpaired) electrons. The minimum atomic E-state index is -0.429. The molecule has 0 unspecified atom stereocenters. The molecule has 10 rings (SSSR count). The van der Waals surface area contributed by atoms with Gasteiger partial charge in [0.2, 0.25) is 0 Å². The first-order chi connectivity index (χ1) is 26.6. The van der Waals surface area contributed by atoms with Crippen LogP contribution in [0.15, 0.2) is 174 Å². The second kappa shape index (κ2) is 10.2. The lowest BCUT2D eigenvalue weighted by Crippen LogP contribution is -1.92. The Morgan fingerprint density at radius 1 is 0.383 bits per heavy atom. The minimum absolute atomic E-state index is 0.184. The number of rotatable bonds is 3. The Morgan fingerprint density at radius 2 is 0.979 bits per heavy atom. The van der Waals surface area contributed by atoms with Crippen LogP contribution in [0.3, 0.4) is 0 Å². The third kappa shape index (κ3) is 3.97. The van der Waals surface area contributed by atoms with E-state index < -0.39 is 24.2 Å². The predicted octanol–water partition coefficient (Wildman–Crippen LogP) is 13.2. The van der Waals surface area contributed by atoms with Crippen molar-refractivity contribution in [3.8, 4) is 33.4 Å². The highest BCUT2D eigenvalue weighted by Gasteiger charge is 2.18. The molecule has 0 saturated carbocycles. The maximum Gasteiger partial charge on any atom is 0.136 e. The summed E-state index contributed by atoms with van der Waals surface area (Å²) in [6, 6.07) is 36.3. The first kappa shape index (κ1) is 19.4. The van der Waals surface area contributed by atoms with Crippen LogP contribution in [0.5, 0.6) is 0 Å². The van der Waals surface area contributed by atoms with Crippen LogP contribution in [0.1, 0.15) is 11.0 Å². The smallest absolute Gasteiger partial charge is 0.136 e. The van der Waals surface area contributed by atoms with E-state index in [9.17, 15) is 5.48 Å². The maximum atomic E-state index is 9.36. The largest absolute Gasteiger partial charge is 0.456 e. The second-order valence-corrected chi connectivity index (χ2v) is 11.8. The number of hydrogen-bond acceptors (Lipinski definition) is 1. The molecule has 47 heavy (non-hydrogen) atoms. The van der Waals surface area contributed by atoms with E-state index in [4.69, 9.17) is 9.90 Å². The zero-order valence-electron chi connectivity index (χ0n) is 33.0. The Bertz CT molecular complexity index is 3220. The molecular weight excluding hydrogens is 569 g/mol. The SMILES string of the molecule is [2H]c1c([2H])c([2H])c2c(-c3cccc4ccccc34)c3c([2H])c([2H])c([2H])c([2H])c3c(-c3cccc(-c4ccc5c(c4)oc4ccc6ccccc6c45)c3)c2c1[2H]. The molecule has 0 N–H and O–H groups in total. The van der Waals surface area contributed by atoms with Crippen molar-refractivity contribution in [3.63, 3.8) is 0 Å². The third-order valence-corrected chi connectivity index (χ3v) is 9.28. The van der Waals surface area contributed by atoms with Crippen molar-refractivity contribution < 1.29 is 15.4 Å². The predicted molar refractivity (Wildman–Crippen MR) is 200 cm³/mol. The van der Waals surface area contributed by atoms with Crippen LogP contribution in [-0.4, -0.2) is 0 Å². The lowest BCUT2D eigenvalue weighted by molar-refractivity contribution is 0.669. The molecule has 0 fully saturated rings. The van der Waals surface area contributed by atoms with E-state index in [0.29, 0.717) is 27.8 Å². The summed E-state index contributed by atoms with van der Waals surface area (Å²) in [5.74, 6) is 0. The van der Waals surface area contributed by atoms with E-state index in [1.807, 2.05) is 109 Å². The van der Waals surface area contributed by atoms with Crippen molar-refractivity contribution in [3.05, 3.63) is 170 Å². The van der Waals surface area contributed by atoms with Gasteiger partial charge in [-0.15, -0.1) is 0 Å². The molecule has 1 heteroatoms. The number of fused-ring (bicyclic) bond motifs is 8. The fourth-order valence-corrected chi connectivity index (χ4v) is 7.21. The van der Waals surface area contributed by atoms with E-state index >= 15 is 0 Å². The van der Waals surface area contributed by atoms with Gasteiger partial charge in [0, 0.05) is 10.8 Å². The topological polar surface area (TPSA) is 13.1 Å². The molecule has 0 atom stereocenters. The first-order valence-corrected chi connectivity index (χ1v) is 15.5. The van der Waals surface area contributed by atoms with Crippen LogP contribution in [0, 0.1) is 0 Å². The number of furan rings is 1. The van der Waals surface area contributed by atoms with Crippen LogP contribution < -0.4 is 0 Å². The second-order valence-electron chi connectivity index (χ2n) is 11.8. The molecule has 0 bridgehead atoms. The summed E-state index contributed by atoms with van der Waals surface area (Å²) in [4.78, 5) is 0. The monoisotopic (exact) mass is 604 g/mol. The van der Waals surface area contributed by atoms with Gasteiger partial charge in [0.1, 0.15) is 11.2 Å². The van der Waals surface area contributed by atoms with E-state index in [2.05, 4.69) is 12.1 Å². The van der Waals surface area contributed by atoms with Gasteiger partial charge in [-0.25, -0.2) is 0 Å². The molecule has 218 valence electrons. The van der Waals surface area contributed by atoms with Gasteiger partial charge >= 0.3 is 0 Å². The zero-order valence-corrected chi connectivity index (χ0v) is 25.0. The van der Waals surface area contributed by atoms with Gasteiger partial charge in [-0.1, -0.05) is 145 Å². The average Bonchev–Trinajstić information content (AvgIpc) is 3.61. The number of benzene rings is 9. The molecule has 9 aromatic carbocycles. The third-order valence-electron chi connectivity index (χ3n) is 9.28. The summed E-state index contributed by atoms with van der Waals surface area (Å²) in [6.07, 6.45) is 0. The Morgan fingerprint density at radius 3 is 1.74 bits per heavy atom. The summed E-state index contributed by atoms with van der Waals surface area (Å²) in [7, 11) is 0. The molecule has 0 spiro atoms. The van der Waals surface area contributed by atoms with Gasteiger partial charge in [0.25, 0.3) is 0 Å². The normalized spacial score (nSPS) is 14.2. The number of hydrogen-bond donors (Lipinski definition) is 0. The van der Waals surface area contributed by atoms with Gasteiger partial charge < -0.3 is 4.42 Å². The molecule has 0 aliphatic heterocycles. The first-order valence-electron chi connectivity index (χ1n) is 19.5. The molecule has 1 heterocycles. The molecule has 0 saturated heterocycles. The van der Waals surface area contributed by atoms with Crippen molar-refractivity contribution >= 4 is 65.0 Å². The maximum absolute atomic E-state index is 9.36. The highest BCUT2D eigenvalue weighted by Crippen LogP contribution is 2.46. The van der Waals surface area contributed by atoms with E-state index in [-0.39, 0.29) is 45.7 Å². The van der Waals surface area contributed by atoms with E-state index in [1.165, 1.54) is 0 Å². The van der Waals surface area contributed by atoms with Crippen molar-refractivity contribution in [2.75, 3.05) is 0 Å². The minimum Gasteiger partial charge on any atom is -0.456 e. The van der Waals surface area contributed by atoms with Crippen molar-refractivity contribution in [1.29, 1.82) is 0 Å². The molecule has 0 amide bonds. The lowest BCUT2D eigenvalue weighted by Gasteiger charge is -2.19. The zero-order chi connectivity index (χ0) is 37.9. The molecule has 1 nitrogen and oxygen atoms in total. The van der Waals surface area contributed by atoms with Crippen LogP contribution in [0.2, 0.25) is 0 Å². The van der Waals surface area contributed by atoms with E-state index in [0.717, 1.165) is 49.0 Å². The van der Waals surface area contributed by atoms with Gasteiger partial charge in [-0.05, 0) is 101 Å². The summed E-state index contributed by atoms with van der Waals surface area (Å²) >= 11 is 0. The summed E-state index contributed by atoms with van der Waals surface area (Å²) in [6.45, 7) is 0. The molecule has 0 aliphatic carbocycles. The molecule has 10 aromatic rings. The highest BCUT2D eigenvalue weighted by atomic mass is 16.3.